The molecule has 66 valence electrons. The molecular formula is C11H16S. The minimum atomic E-state index is 0.485. The number of hydrogen-bond acceptors (Lipinski definition) is 1. The normalized spacial score (nSPS) is 22.8. The molecule has 0 aliphatic heterocycles. The molecule has 1 aromatic rings. The second kappa shape index (κ2) is 2.59. The summed E-state index contributed by atoms with van der Waals surface area (Å²) in [6, 6.07) is 2.30. The summed E-state index contributed by atoms with van der Waals surface area (Å²) < 4.78 is 0. The van der Waals surface area contributed by atoms with Crippen LogP contribution in [0, 0.1) is 11.3 Å². The molecule has 0 spiro atoms. The number of thiophene rings is 1. The highest BCUT2D eigenvalue weighted by molar-refractivity contribution is 7.10. The van der Waals surface area contributed by atoms with E-state index in [0.29, 0.717) is 5.41 Å². The minimum Gasteiger partial charge on any atom is -0.149 e. The highest BCUT2D eigenvalue weighted by Gasteiger charge is 2.31. The first kappa shape index (κ1) is 8.31. The van der Waals surface area contributed by atoms with Crippen molar-refractivity contribution in [3.63, 3.8) is 0 Å². The number of hydrogen-bond donors (Lipinski definition) is 0. The maximum Gasteiger partial charge on any atom is 0.00803 e. The average molecular weight is 180 g/mol. The van der Waals surface area contributed by atoms with E-state index in [1.807, 2.05) is 11.3 Å². The molecule has 0 saturated heterocycles. The quantitative estimate of drug-likeness (QED) is 0.573. The third kappa shape index (κ3) is 1.31. The van der Waals surface area contributed by atoms with E-state index in [-0.39, 0.29) is 0 Å². The molecule has 0 nitrogen and oxygen atoms in total. The summed E-state index contributed by atoms with van der Waals surface area (Å²) in [5.74, 6) is 0.875. The lowest BCUT2D eigenvalue weighted by atomic mass is 9.79. The Morgan fingerprint density at radius 3 is 2.67 bits per heavy atom. The van der Waals surface area contributed by atoms with Gasteiger partial charge in [-0.2, -0.15) is 0 Å². The van der Waals surface area contributed by atoms with Crippen molar-refractivity contribution in [1.82, 2.24) is 0 Å². The molecule has 2 rings (SSSR count). The first-order valence-electron chi connectivity index (χ1n) is 4.62. The van der Waals surface area contributed by atoms with Gasteiger partial charge in [0.1, 0.15) is 0 Å². The van der Waals surface area contributed by atoms with E-state index in [9.17, 15) is 0 Å². The van der Waals surface area contributed by atoms with Gasteiger partial charge < -0.3 is 0 Å². The van der Waals surface area contributed by atoms with Crippen molar-refractivity contribution in [1.29, 1.82) is 0 Å². The van der Waals surface area contributed by atoms with Crippen molar-refractivity contribution >= 4 is 11.3 Å². The fourth-order valence-electron chi connectivity index (χ4n) is 1.90. The Balaban J connectivity index is 2.18. The van der Waals surface area contributed by atoms with Gasteiger partial charge in [-0.3, -0.25) is 0 Å². The highest BCUT2D eigenvalue weighted by atomic mass is 32.1. The van der Waals surface area contributed by atoms with Gasteiger partial charge in [-0.1, -0.05) is 20.8 Å². The smallest absolute Gasteiger partial charge is 0.00803 e. The van der Waals surface area contributed by atoms with Crippen LogP contribution < -0.4 is 0 Å². The Morgan fingerprint density at radius 2 is 2.08 bits per heavy atom. The Morgan fingerprint density at radius 1 is 1.33 bits per heavy atom. The number of rotatable bonds is 0. The molecule has 0 radical (unpaired) electrons. The van der Waals surface area contributed by atoms with Gasteiger partial charge in [0.25, 0.3) is 0 Å². The van der Waals surface area contributed by atoms with Gasteiger partial charge in [-0.15, -0.1) is 11.3 Å². The second-order valence-electron chi connectivity index (χ2n) is 4.84. The van der Waals surface area contributed by atoms with Crippen molar-refractivity contribution in [3.8, 4) is 0 Å². The minimum absolute atomic E-state index is 0.485. The summed E-state index contributed by atoms with van der Waals surface area (Å²) in [5.41, 5.74) is 2.10. The van der Waals surface area contributed by atoms with Crippen LogP contribution in [0.4, 0.5) is 0 Å². The summed E-state index contributed by atoms with van der Waals surface area (Å²) in [5, 5.41) is 2.23. The van der Waals surface area contributed by atoms with Crippen molar-refractivity contribution in [3.05, 3.63) is 21.9 Å². The molecule has 12 heavy (non-hydrogen) atoms. The van der Waals surface area contributed by atoms with Gasteiger partial charge in [0.15, 0.2) is 0 Å². The first-order valence-corrected chi connectivity index (χ1v) is 5.50. The fraction of sp³-hybridized carbons (Fsp3) is 0.636. The molecule has 0 bridgehead atoms. The Labute approximate surface area is 78.6 Å². The van der Waals surface area contributed by atoms with Gasteiger partial charge >= 0.3 is 0 Å². The molecule has 1 aliphatic rings. The predicted molar refractivity (Wildman–Crippen MR) is 54.7 cm³/mol. The van der Waals surface area contributed by atoms with Crippen LogP contribution in [0.3, 0.4) is 0 Å². The molecule has 1 heterocycles. The predicted octanol–water partition coefficient (Wildman–Crippen LogP) is 3.51. The Kier molecular flexibility index (Phi) is 1.80. The van der Waals surface area contributed by atoms with Gasteiger partial charge in [0.05, 0.1) is 0 Å². The molecule has 1 unspecified atom stereocenters. The van der Waals surface area contributed by atoms with Crippen LogP contribution in [0.1, 0.15) is 31.2 Å². The monoisotopic (exact) mass is 180 g/mol. The highest BCUT2D eigenvalue weighted by Crippen LogP contribution is 2.40. The zero-order valence-electron chi connectivity index (χ0n) is 8.05. The molecule has 1 aliphatic carbocycles. The summed E-state index contributed by atoms with van der Waals surface area (Å²) in [7, 11) is 0. The molecular weight excluding hydrogens is 164 g/mol. The van der Waals surface area contributed by atoms with Gasteiger partial charge in [0.2, 0.25) is 0 Å². The van der Waals surface area contributed by atoms with Crippen molar-refractivity contribution in [2.45, 2.75) is 33.6 Å². The van der Waals surface area contributed by atoms with E-state index in [2.05, 4.69) is 32.2 Å². The third-order valence-corrected chi connectivity index (χ3v) is 3.95. The zero-order valence-corrected chi connectivity index (χ0v) is 8.87. The van der Waals surface area contributed by atoms with Crippen LogP contribution in [0.5, 0.6) is 0 Å². The summed E-state index contributed by atoms with van der Waals surface area (Å²) >= 11 is 1.93. The van der Waals surface area contributed by atoms with E-state index < -0.39 is 0 Å². The number of fused-ring (bicyclic) bond motifs is 1. The molecule has 1 atom stereocenters. The van der Waals surface area contributed by atoms with Gasteiger partial charge in [-0.25, -0.2) is 0 Å². The van der Waals surface area contributed by atoms with E-state index in [1.165, 1.54) is 12.8 Å². The van der Waals surface area contributed by atoms with Crippen LogP contribution >= 0.6 is 11.3 Å². The van der Waals surface area contributed by atoms with E-state index in [4.69, 9.17) is 0 Å². The second-order valence-corrected chi connectivity index (χ2v) is 5.84. The first-order chi connectivity index (χ1) is 5.57. The van der Waals surface area contributed by atoms with Crippen LogP contribution in [0.2, 0.25) is 0 Å². The van der Waals surface area contributed by atoms with Crippen molar-refractivity contribution in [2.75, 3.05) is 0 Å². The molecule has 0 aromatic carbocycles. The van der Waals surface area contributed by atoms with Crippen LogP contribution in [-0.4, -0.2) is 0 Å². The lowest BCUT2D eigenvalue weighted by Gasteiger charge is -2.26. The summed E-state index contributed by atoms with van der Waals surface area (Å²) in [6.07, 6.45) is 2.62. The van der Waals surface area contributed by atoms with E-state index in [0.717, 1.165) is 5.92 Å². The Hall–Kier alpha value is -0.300. The third-order valence-electron chi connectivity index (χ3n) is 2.96. The lowest BCUT2D eigenvalue weighted by molar-refractivity contribution is 0.251. The van der Waals surface area contributed by atoms with Crippen LogP contribution in [0.25, 0.3) is 0 Å². The molecule has 0 N–H and O–H groups in total. The zero-order chi connectivity index (χ0) is 8.77. The molecule has 0 amide bonds. The standard InChI is InChI=1S/C11H16S/c1-11(2,3)9-6-8-4-5-12-10(8)7-9/h4-5,9H,6-7H2,1-3H3. The SMILES string of the molecule is CC(C)(C)C1Cc2ccsc2C1. The van der Waals surface area contributed by atoms with Crippen LogP contribution in [0.15, 0.2) is 11.4 Å². The molecule has 1 aromatic heterocycles. The van der Waals surface area contributed by atoms with Crippen molar-refractivity contribution < 1.29 is 0 Å². The summed E-state index contributed by atoms with van der Waals surface area (Å²) in [6.45, 7) is 7.07. The van der Waals surface area contributed by atoms with E-state index >= 15 is 0 Å². The lowest BCUT2D eigenvalue weighted by Crippen LogP contribution is -2.20. The topological polar surface area (TPSA) is 0 Å². The molecule has 1 heteroatoms. The molecule has 0 saturated carbocycles. The largest absolute Gasteiger partial charge is 0.149 e. The maximum atomic E-state index is 2.36. The van der Waals surface area contributed by atoms with Crippen molar-refractivity contribution in [2.24, 2.45) is 11.3 Å². The van der Waals surface area contributed by atoms with Gasteiger partial charge in [-0.05, 0) is 41.2 Å². The molecule has 0 fully saturated rings. The van der Waals surface area contributed by atoms with Crippen LogP contribution in [-0.2, 0) is 12.8 Å². The summed E-state index contributed by atoms with van der Waals surface area (Å²) in [4.78, 5) is 1.63. The Bertz CT molecular complexity index is 257. The fourth-order valence-corrected chi connectivity index (χ4v) is 2.90. The average Bonchev–Trinajstić information content (AvgIpc) is 2.37. The maximum absolute atomic E-state index is 2.36. The van der Waals surface area contributed by atoms with E-state index in [1.54, 1.807) is 10.4 Å². The van der Waals surface area contributed by atoms with Gasteiger partial charge in [0, 0.05) is 4.88 Å².